The number of ether oxygens (including phenoxy) is 2. The van der Waals surface area contributed by atoms with E-state index >= 15 is 0 Å². The van der Waals surface area contributed by atoms with Gasteiger partial charge in [-0.3, -0.25) is 4.98 Å². The van der Waals surface area contributed by atoms with Crippen molar-refractivity contribution < 1.29 is 9.47 Å². The summed E-state index contributed by atoms with van der Waals surface area (Å²) in [6.07, 6.45) is 7.15. The molecule has 1 heterocycles. The smallest absolute Gasteiger partial charge is 0.161 e. The molecule has 4 heteroatoms. The van der Waals surface area contributed by atoms with Gasteiger partial charge in [0.1, 0.15) is 6.61 Å². The highest BCUT2D eigenvalue weighted by Crippen LogP contribution is 2.31. The average molecular weight is 374 g/mol. The molecule has 144 valence electrons. The molecule has 0 radical (unpaired) electrons. The van der Waals surface area contributed by atoms with Crippen molar-refractivity contribution in [3.8, 4) is 11.5 Å². The van der Waals surface area contributed by atoms with Crippen molar-refractivity contribution in [2.75, 3.05) is 7.11 Å². The number of nitrogens with one attached hydrogen (secondary N) is 1. The summed E-state index contributed by atoms with van der Waals surface area (Å²) < 4.78 is 11.5. The number of nitrogens with zero attached hydrogens (tertiary/aromatic N) is 1. The largest absolute Gasteiger partial charge is 0.493 e. The summed E-state index contributed by atoms with van der Waals surface area (Å²) in [5.41, 5.74) is 5.19. The van der Waals surface area contributed by atoms with Gasteiger partial charge in [-0.15, -0.1) is 0 Å². The van der Waals surface area contributed by atoms with E-state index in [1.54, 1.807) is 19.5 Å². The SMILES string of the molecule is COc1cc(CNC2CCCc3ccccc32)ccc1OCc1ccncc1. The number of benzene rings is 2. The molecule has 0 fully saturated rings. The van der Waals surface area contributed by atoms with Crippen molar-refractivity contribution in [2.24, 2.45) is 0 Å². The topological polar surface area (TPSA) is 43.4 Å². The Morgan fingerprint density at radius 3 is 2.71 bits per heavy atom. The minimum absolute atomic E-state index is 0.415. The van der Waals surface area contributed by atoms with Crippen LogP contribution in [0.4, 0.5) is 0 Å². The third kappa shape index (κ3) is 4.34. The first-order valence-corrected chi connectivity index (χ1v) is 9.83. The Kier molecular flexibility index (Phi) is 5.88. The monoisotopic (exact) mass is 374 g/mol. The van der Waals surface area contributed by atoms with Crippen LogP contribution in [0, 0.1) is 0 Å². The van der Waals surface area contributed by atoms with Crippen LogP contribution in [0.1, 0.15) is 41.1 Å². The molecule has 1 aliphatic carbocycles. The first kappa shape index (κ1) is 18.5. The Morgan fingerprint density at radius 2 is 1.86 bits per heavy atom. The van der Waals surface area contributed by atoms with E-state index in [0.29, 0.717) is 12.6 Å². The van der Waals surface area contributed by atoms with E-state index in [4.69, 9.17) is 9.47 Å². The molecule has 0 bridgehead atoms. The van der Waals surface area contributed by atoms with E-state index in [2.05, 4.69) is 46.7 Å². The first-order valence-electron chi connectivity index (χ1n) is 9.83. The van der Waals surface area contributed by atoms with E-state index < -0.39 is 0 Å². The van der Waals surface area contributed by atoms with Crippen LogP contribution in [0.15, 0.2) is 67.0 Å². The number of aromatic nitrogens is 1. The summed E-state index contributed by atoms with van der Waals surface area (Å²) in [6, 6.07) is 19.2. The molecule has 1 N–H and O–H groups in total. The molecule has 3 aromatic rings. The first-order chi connectivity index (χ1) is 13.8. The van der Waals surface area contributed by atoms with Crippen LogP contribution in [0.2, 0.25) is 0 Å². The summed E-state index contributed by atoms with van der Waals surface area (Å²) in [5.74, 6) is 1.52. The van der Waals surface area contributed by atoms with Crippen molar-refractivity contribution in [1.82, 2.24) is 10.3 Å². The molecule has 1 atom stereocenters. The van der Waals surface area contributed by atoms with Gasteiger partial charge in [0.05, 0.1) is 7.11 Å². The van der Waals surface area contributed by atoms with E-state index in [1.165, 1.54) is 36.0 Å². The Bertz CT molecular complexity index is 911. The van der Waals surface area contributed by atoms with Crippen LogP contribution in [-0.4, -0.2) is 12.1 Å². The van der Waals surface area contributed by atoms with Gasteiger partial charge in [-0.25, -0.2) is 0 Å². The van der Waals surface area contributed by atoms with Crippen LogP contribution >= 0.6 is 0 Å². The van der Waals surface area contributed by atoms with Crippen LogP contribution < -0.4 is 14.8 Å². The van der Waals surface area contributed by atoms with Gasteiger partial charge in [-0.2, -0.15) is 0 Å². The fourth-order valence-corrected chi connectivity index (χ4v) is 3.79. The molecule has 1 aliphatic rings. The maximum absolute atomic E-state index is 5.94. The second-order valence-electron chi connectivity index (χ2n) is 7.15. The number of fused-ring (bicyclic) bond motifs is 1. The molecule has 1 unspecified atom stereocenters. The average Bonchev–Trinajstić information content (AvgIpc) is 2.77. The van der Waals surface area contributed by atoms with Crippen molar-refractivity contribution in [2.45, 2.75) is 38.5 Å². The van der Waals surface area contributed by atoms with Crippen molar-refractivity contribution in [1.29, 1.82) is 0 Å². The molecule has 0 spiro atoms. The highest BCUT2D eigenvalue weighted by molar-refractivity contribution is 5.43. The van der Waals surface area contributed by atoms with E-state index in [-0.39, 0.29) is 0 Å². The second kappa shape index (κ2) is 8.89. The normalized spacial score (nSPS) is 15.7. The lowest BCUT2D eigenvalue weighted by atomic mass is 9.87. The predicted octanol–water partition coefficient (Wildman–Crippen LogP) is 4.84. The zero-order chi connectivity index (χ0) is 19.2. The maximum atomic E-state index is 5.94. The standard InChI is InChI=1S/C24H26N2O2/c1-27-24-15-19(9-10-23(24)28-17-18-11-13-25-14-12-18)16-26-22-8-4-6-20-5-2-3-7-21(20)22/h2-3,5,7,9-15,22,26H,4,6,8,16-17H2,1H3. The molecule has 2 aromatic carbocycles. The van der Waals surface area contributed by atoms with Crippen LogP contribution in [0.25, 0.3) is 0 Å². The summed E-state index contributed by atoms with van der Waals surface area (Å²) in [5, 5.41) is 3.72. The summed E-state index contributed by atoms with van der Waals surface area (Å²) in [7, 11) is 1.68. The highest BCUT2D eigenvalue weighted by atomic mass is 16.5. The lowest BCUT2D eigenvalue weighted by Gasteiger charge is -2.26. The molecule has 4 rings (SSSR count). The third-order valence-corrected chi connectivity index (χ3v) is 5.29. The van der Waals surface area contributed by atoms with Gasteiger partial charge in [0.2, 0.25) is 0 Å². The molecular formula is C24H26N2O2. The fraction of sp³-hybridized carbons (Fsp3) is 0.292. The Balaban J connectivity index is 1.40. The maximum Gasteiger partial charge on any atom is 0.161 e. The van der Waals surface area contributed by atoms with Crippen molar-refractivity contribution in [3.63, 3.8) is 0 Å². The molecule has 28 heavy (non-hydrogen) atoms. The van der Waals surface area contributed by atoms with Crippen LogP contribution in [0.5, 0.6) is 11.5 Å². The van der Waals surface area contributed by atoms with Gasteiger partial charge >= 0.3 is 0 Å². The number of rotatable bonds is 7. The molecule has 0 amide bonds. The lowest BCUT2D eigenvalue weighted by molar-refractivity contribution is 0.284. The second-order valence-corrected chi connectivity index (χ2v) is 7.15. The van der Waals surface area contributed by atoms with Gasteiger partial charge in [-0.05, 0) is 65.8 Å². The molecule has 0 saturated heterocycles. The summed E-state index contributed by atoms with van der Waals surface area (Å²) >= 11 is 0. The Hall–Kier alpha value is -2.85. The lowest BCUT2D eigenvalue weighted by Crippen LogP contribution is -2.24. The molecule has 4 nitrogen and oxygen atoms in total. The van der Waals surface area contributed by atoms with E-state index in [1.807, 2.05) is 18.2 Å². The number of aryl methyl sites for hydroxylation is 1. The third-order valence-electron chi connectivity index (χ3n) is 5.29. The van der Waals surface area contributed by atoms with Gasteiger partial charge in [0.25, 0.3) is 0 Å². The number of methoxy groups -OCH3 is 1. The van der Waals surface area contributed by atoms with Crippen molar-refractivity contribution in [3.05, 3.63) is 89.2 Å². The Morgan fingerprint density at radius 1 is 1.00 bits per heavy atom. The molecule has 0 saturated carbocycles. The number of hydrogen-bond donors (Lipinski definition) is 1. The zero-order valence-corrected chi connectivity index (χ0v) is 16.2. The van der Waals surface area contributed by atoms with Crippen LogP contribution in [-0.2, 0) is 19.6 Å². The van der Waals surface area contributed by atoms with Crippen LogP contribution in [0.3, 0.4) is 0 Å². The van der Waals surface area contributed by atoms with Crippen molar-refractivity contribution >= 4 is 0 Å². The fourth-order valence-electron chi connectivity index (χ4n) is 3.79. The van der Waals surface area contributed by atoms with E-state index in [9.17, 15) is 0 Å². The minimum Gasteiger partial charge on any atom is -0.493 e. The van der Waals surface area contributed by atoms with Gasteiger partial charge < -0.3 is 14.8 Å². The van der Waals surface area contributed by atoms with E-state index in [0.717, 1.165) is 23.6 Å². The summed E-state index contributed by atoms with van der Waals surface area (Å²) in [4.78, 5) is 4.03. The quantitative estimate of drug-likeness (QED) is 0.643. The van der Waals surface area contributed by atoms with Gasteiger partial charge in [0, 0.05) is 25.0 Å². The highest BCUT2D eigenvalue weighted by Gasteiger charge is 2.19. The molecule has 0 aliphatic heterocycles. The predicted molar refractivity (Wildman–Crippen MR) is 111 cm³/mol. The minimum atomic E-state index is 0.415. The Labute approximate surface area is 166 Å². The number of pyridine rings is 1. The van der Waals surface area contributed by atoms with Gasteiger partial charge in [0.15, 0.2) is 11.5 Å². The zero-order valence-electron chi connectivity index (χ0n) is 16.2. The van der Waals surface area contributed by atoms with Gasteiger partial charge in [-0.1, -0.05) is 30.3 Å². The number of hydrogen-bond acceptors (Lipinski definition) is 4. The summed E-state index contributed by atoms with van der Waals surface area (Å²) in [6.45, 7) is 1.30. The molecular weight excluding hydrogens is 348 g/mol. The molecule has 1 aromatic heterocycles.